The van der Waals surface area contributed by atoms with Crippen LogP contribution in [0.15, 0.2) is 18.2 Å². The highest BCUT2D eigenvalue weighted by molar-refractivity contribution is 7.99. The first-order chi connectivity index (χ1) is 7.15. The molecule has 0 amide bonds. The molecular formula is C11H15F2NS. The number of benzene rings is 1. The predicted molar refractivity (Wildman–Crippen MR) is 60.9 cm³/mol. The van der Waals surface area contributed by atoms with Crippen LogP contribution in [0.5, 0.6) is 0 Å². The Morgan fingerprint density at radius 1 is 1.33 bits per heavy atom. The molecule has 0 aliphatic heterocycles. The van der Waals surface area contributed by atoms with Crippen molar-refractivity contribution in [1.82, 2.24) is 0 Å². The molecule has 1 nitrogen and oxygen atoms in total. The summed E-state index contributed by atoms with van der Waals surface area (Å²) in [4.78, 5) is 0. The summed E-state index contributed by atoms with van der Waals surface area (Å²) in [6, 6.07) is 3.61. The smallest absolute Gasteiger partial charge is 0.159 e. The van der Waals surface area contributed by atoms with Crippen molar-refractivity contribution in [2.75, 3.05) is 11.5 Å². The second-order valence-electron chi connectivity index (χ2n) is 3.35. The van der Waals surface area contributed by atoms with Gasteiger partial charge in [0.05, 0.1) is 0 Å². The lowest BCUT2D eigenvalue weighted by Crippen LogP contribution is -2.13. The minimum Gasteiger partial charge on any atom is -0.323 e. The Kier molecular flexibility index (Phi) is 5.05. The lowest BCUT2D eigenvalue weighted by atomic mass is 10.1. The van der Waals surface area contributed by atoms with Crippen LogP contribution in [0.4, 0.5) is 8.78 Å². The molecule has 2 N–H and O–H groups in total. The number of halogens is 2. The van der Waals surface area contributed by atoms with Gasteiger partial charge in [-0.2, -0.15) is 11.8 Å². The van der Waals surface area contributed by atoms with Gasteiger partial charge in [0.2, 0.25) is 0 Å². The Labute approximate surface area is 93.1 Å². The summed E-state index contributed by atoms with van der Waals surface area (Å²) in [6.45, 7) is 2.09. The van der Waals surface area contributed by atoms with E-state index in [-0.39, 0.29) is 6.04 Å². The minimum atomic E-state index is -0.830. The number of rotatable bonds is 5. The quantitative estimate of drug-likeness (QED) is 0.788. The standard InChI is InChI=1S/C11H15F2NS/c1-2-5-15-7-11(14)8-3-4-9(12)10(13)6-8/h3-4,6,11H,2,5,7,14H2,1H3. The molecule has 1 aromatic carbocycles. The van der Waals surface area contributed by atoms with Crippen molar-refractivity contribution in [3.8, 4) is 0 Å². The summed E-state index contributed by atoms with van der Waals surface area (Å²) in [5, 5.41) is 0. The third-order valence-corrected chi connectivity index (χ3v) is 3.31. The molecule has 1 aromatic rings. The SMILES string of the molecule is CCCSCC(N)c1ccc(F)c(F)c1. The van der Waals surface area contributed by atoms with E-state index >= 15 is 0 Å². The monoisotopic (exact) mass is 231 g/mol. The topological polar surface area (TPSA) is 26.0 Å². The molecule has 0 heterocycles. The lowest BCUT2D eigenvalue weighted by Gasteiger charge is -2.11. The van der Waals surface area contributed by atoms with Gasteiger partial charge in [0.25, 0.3) is 0 Å². The fourth-order valence-corrected chi connectivity index (χ4v) is 2.10. The van der Waals surface area contributed by atoms with E-state index in [4.69, 9.17) is 5.73 Å². The average molecular weight is 231 g/mol. The first-order valence-corrected chi connectivity index (χ1v) is 6.09. The Bertz CT molecular complexity index is 317. The van der Waals surface area contributed by atoms with E-state index in [2.05, 4.69) is 6.92 Å². The van der Waals surface area contributed by atoms with Crippen molar-refractivity contribution >= 4 is 11.8 Å². The molecule has 1 rings (SSSR count). The summed E-state index contributed by atoms with van der Waals surface area (Å²) < 4.78 is 25.5. The minimum absolute atomic E-state index is 0.225. The van der Waals surface area contributed by atoms with Crippen LogP contribution in [0.2, 0.25) is 0 Å². The normalized spacial score (nSPS) is 12.8. The van der Waals surface area contributed by atoms with Crippen LogP contribution in [0.25, 0.3) is 0 Å². The number of hydrogen-bond donors (Lipinski definition) is 1. The van der Waals surface area contributed by atoms with Gasteiger partial charge >= 0.3 is 0 Å². The van der Waals surface area contributed by atoms with Crippen molar-refractivity contribution in [2.24, 2.45) is 5.73 Å². The van der Waals surface area contributed by atoms with Crippen molar-refractivity contribution in [2.45, 2.75) is 19.4 Å². The Balaban J connectivity index is 2.57. The van der Waals surface area contributed by atoms with E-state index in [1.165, 1.54) is 12.1 Å². The third kappa shape index (κ3) is 3.80. The van der Waals surface area contributed by atoms with E-state index in [9.17, 15) is 8.78 Å². The fourth-order valence-electron chi connectivity index (χ4n) is 1.19. The van der Waals surface area contributed by atoms with Gasteiger partial charge in [-0.25, -0.2) is 8.78 Å². The predicted octanol–water partition coefficient (Wildman–Crippen LogP) is 3.11. The molecule has 15 heavy (non-hydrogen) atoms. The van der Waals surface area contributed by atoms with Gasteiger partial charge < -0.3 is 5.73 Å². The van der Waals surface area contributed by atoms with Crippen LogP contribution < -0.4 is 5.73 Å². The van der Waals surface area contributed by atoms with Gasteiger partial charge in [0.15, 0.2) is 11.6 Å². The first kappa shape index (κ1) is 12.5. The summed E-state index contributed by atoms with van der Waals surface area (Å²) in [5.41, 5.74) is 6.50. The van der Waals surface area contributed by atoms with Crippen molar-refractivity contribution < 1.29 is 8.78 Å². The van der Waals surface area contributed by atoms with E-state index in [0.29, 0.717) is 5.56 Å². The number of nitrogens with two attached hydrogens (primary N) is 1. The maximum atomic E-state index is 12.9. The van der Waals surface area contributed by atoms with Crippen LogP contribution in [0, 0.1) is 11.6 Å². The van der Waals surface area contributed by atoms with Crippen molar-refractivity contribution in [3.63, 3.8) is 0 Å². The van der Waals surface area contributed by atoms with E-state index in [0.717, 1.165) is 24.0 Å². The fraction of sp³-hybridized carbons (Fsp3) is 0.455. The summed E-state index contributed by atoms with van der Waals surface area (Å²) >= 11 is 1.73. The Morgan fingerprint density at radius 2 is 2.07 bits per heavy atom. The van der Waals surface area contributed by atoms with Gasteiger partial charge in [-0.15, -0.1) is 0 Å². The van der Waals surface area contributed by atoms with Crippen LogP contribution in [0.3, 0.4) is 0 Å². The molecule has 84 valence electrons. The molecule has 0 aromatic heterocycles. The van der Waals surface area contributed by atoms with Gasteiger partial charge in [0, 0.05) is 11.8 Å². The molecule has 0 aliphatic carbocycles. The summed E-state index contributed by atoms with van der Waals surface area (Å²) in [5.74, 6) is 0.117. The highest BCUT2D eigenvalue weighted by Crippen LogP contribution is 2.18. The molecule has 4 heteroatoms. The molecule has 0 saturated heterocycles. The van der Waals surface area contributed by atoms with Crippen molar-refractivity contribution in [1.29, 1.82) is 0 Å². The Morgan fingerprint density at radius 3 is 2.67 bits per heavy atom. The van der Waals surface area contributed by atoms with Crippen LogP contribution >= 0.6 is 11.8 Å². The molecule has 1 unspecified atom stereocenters. The zero-order chi connectivity index (χ0) is 11.3. The van der Waals surface area contributed by atoms with E-state index < -0.39 is 11.6 Å². The van der Waals surface area contributed by atoms with Gasteiger partial charge in [-0.1, -0.05) is 13.0 Å². The van der Waals surface area contributed by atoms with Gasteiger partial charge in [0.1, 0.15) is 0 Å². The molecule has 0 saturated carbocycles. The Hall–Kier alpha value is -0.610. The van der Waals surface area contributed by atoms with Crippen LogP contribution in [0.1, 0.15) is 24.9 Å². The van der Waals surface area contributed by atoms with Crippen LogP contribution in [-0.2, 0) is 0 Å². The largest absolute Gasteiger partial charge is 0.323 e. The average Bonchev–Trinajstić information content (AvgIpc) is 2.22. The summed E-state index contributed by atoms with van der Waals surface area (Å²) in [7, 11) is 0. The highest BCUT2D eigenvalue weighted by Gasteiger charge is 2.09. The molecule has 0 spiro atoms. The second-order valence-corrected chi connectivity index (χ2v) is 4.50. The maximum absolute atomic E-state index is 12.9. The van der Waals surface area contributed by atoms with Gasteiger partial charge in [-0.3, -0.25) is 0 Å². The molecule has 0 aliphatic rings. The van der Waals surface area contributed by atoms with Crippen molar-refractivity contribution in [3.05, 3.63) is 35.4 Å². The third-order valence-electron chi connectivity index (χ3n) is 2.02. The zero-order valence-corrected chi connectivity index (χ0v) is 9.49. The van der Waals surface area contributed by atoms with E-state index in [1.54, 1.807) is 11.8 Å². The van der Waals surface area contributed by atoms with Gasteiger partial charge in [-0.05, 0) is 29.9 Å². The molecule has 0 radical (unpaired) electrons. The number of thioether (sulfide) groups is 1. The molecule has 0 fully saturated rings. The summed E-state index contributed by atoms with van der Waals surface area (Å²) in [6.07, 6.45) is 1.09. The number of hydrogen-bond acceptors (Lipinski definition) is 2. The second kappa shape index (κ2) is 6.08. The van der Waals surface area contributed by atoms with E-state index in [1.807, 2.05) is 0 Å². The van der Waals surface area contributed by atoms with Crippen LogP contribution in [-0.4, -0.2) is 11.5 Å². The maximum Gasteiger partial charge on any atom is 0.159 e. The zero-order valence-electron chi connectivity index (χ0n) is 8.67. The first-order valence-electron chi connectivity index (χ1n) is 4.93. The highest BCUT2D eigenvalue weighted by atomic mass is 32.2. The molecule has 0 bridgehead atoms. The molecular weight excluding hydrogens is 216 g/mol. The lowest BCUT2D eigenvalue weighted by molar-refractivity contribution is 0.506. The molecule has 1 atom stereocenters.